The van der Waals surface area contributed by atoms with Crippen LogP contribution in [0.1, 0.15) is 45.7 Å². The highest BCUT2D eigenvalue weighted by Crippen LogP contribution is 2.40. The minimum atomic E-state index is -0.144. The van der Waals surface area contributed by atoms with Gasteiger partial charge in [0, 0.05) is 31.1 Å². The number of nitrogens with zero attached hydrogens (tertiary/aromatic N) is 1. The highest BCUT2D eigenvalue weighted by molar-refractivity contribution is 5.44. The molecule has 1 N–H and O–H groups in total. The summed E-state index contributed by atoms with van der Waals surface area (Å²) in [6.45, 7) is 13.0. The Bertz CT molecular complexity index is 484. The van der Waals surface area contributed by atoms with Crippen molar-refractivity contribution >= 4 is 0 Å². The molecular weight excluding hydrogens is 276 g/mol. The molecule has 1 aromatic carbocycles. The number of likely N-dealkylation sites (N-methyl/N-ethyl adjacent to an activating group) is 1. The molecule has 4 heteroatoms. The first kappa shape index (κ1) is 17.1. The molecule has 0 bridgehead atoms. The van der Waals surface area contributed by atoms with Crippen LogP contribution in [-0.4, -0.2) is 43.8 Å². The van der Waals surface area contributed by atoms with E-state index in [0.29, 0.717) is 6.04 Å². The second-order valence-electron chi connectivity index (χ2n) is 6.50. The third-order valence-electron chi connectivity index (χ3n) is 4.39. The van der Waals surface area contributed by atoms with E-state index in [9.17, 15) is 0 Å². The summed E-state index contributed by atoms with van der Waals surface area (Å²) in [7, 11) is 1.71. The van der Waals surface area contributed by atoms with Crippen molar-refractivity contribution in [1.82, 2.24) is 10.2 Å². The molecule has 1 aromatic rings. The van der Waals surface area contributed by atoms with Crippen molar-refractivity contribution in [2.24, 2.45) is 0 Å². The predicted octanol–water partition coefficient (Wildman–Crippen LogP) is 3.23. The summed E-state index contributed by atoms with van der Waals surface area (Å²) in [6.07, 6.45) is 0.964. The Balaban J connectivity index is 2.10. The van der Waals surface area contributed by atoms with E-state index in [2.05, 4.69) is 44.0 Å². The number of fused-ring (bicyclic) bond motifs is 1. The molecule has 0 saturated heterocycles. The fourth-order valence-corrected chi connectivity index (χ4v) is 3.08. The number of nitrogens with one attached hydrogen (secondary N) is 1. The maximum absolute atomic E-state index is 6.11. The lowest BCUT2D eigenvalue weighted by Gasteiger charge is -2.38. The lowest BCUT2D eigenvalue weighted by Crippen LogP contribution is -2.41. The summed E-state index contributed by atoms with van der Waals surface area (Å²) < 4.78 is 11.5. The van der Waals surface area contributed by atoms with Crippen LogP contribution in [0.5, 0.6) is 11.5 Å². The largest absolute Gasteiger partial charge is 0.497 e. The van der Waals surface area contributed by atoms with Gasteiger partial charge in [0.05, 0.1) is 7.11 Å². The predicted molar refractivity (Wildman–Crippen MR) is 90.8 cm³/mol. The van der Waals surface area contributed by atoms with Gasteiger partial charge < -0.3 is 19.7 Å². The van der Waals surface area contributed by atoms with Crippen LogP contribution < -0.4 is 14.8 Å². The second kappa shape index (κ2) is 7.34. The third kappa shape index (κ3) is 4.14. The molecule has 124 valence electrons. The highest BCUT2D eigenvalue weighted by atomic mass is 16.5. The SMILES string of the molecule is CCN(CC)CCNC1CC(C)(C)Oc2ccc(OC)cc21. The Labute approximate surface area is 134 Å². The van der Waals surface area contributed by atoms with Crippen LogP contribution >= 0.6 is 0 Å². The Morgan fingerprint density at radius 1 is 1.32 bits per heavy atom. The fourth-order valence-electron chi connectivity index (χ4n) is 3.08. The van der Waals surface area contributed by atoms with Crippen LogP contribution in [0.2, 0.25) is 0 Å². The number of hydrogen-bond donors (Lipinski definition) is 1. The molecule has 22 heavy (non-hydrogen) atoms. The van der Waals surface area contributed by atoms with Crippen molar-refractivity contribution in [3.8, 4) is 11.5 Å². The van der Waals surface area contributed by atoms with Crippen LogP contribution in [-0.2, 0) is 0 Å². The topological polar surface area (TPSA) is 33.7 Å². The first-order valence-corrected chi connectivity index (χ1v) is 8.31. The fraction of sp³-hybridized carbons (Fsp3) is 0.667. The van der Waals surface area contributed by atoms with E-state index in [0.717, 1.165) is 44.1 Å². The van der Waals surface area contributed by atoms with Gasteiger partial charge in [-0.15, -0.1) is 0 Å². The quantitative estimate of drug-likeness (QED) is 0.838. The van der Waals surface area contributed by atoms with Gasteiger partial charge in [0.2, 0.25) is 0 Å². The van der Waals surface area contributed by atoms with Crippen molar-refractivity contribution in [3.05, 3.63) is 23.8 Å². The van der Waals surface area contributed by atoms with Gasteiger partial charge in [0.15, 0.2) is 0 Å². The summed E-state index contributed by atoms with van der Waals surface area (Å²) in [5.74, 6) is 1.86. The second-order valence-corrected chi connectivity index (χ2v) is 6.50. The van der Waals surface area contributed by atoms with E-state index >= 15 is 0 Å². The molecule has 0 aromatic heterocycles. The zero-order valence-corrected chi connectivity index (χ0v) is 14.6. The maximum Gasteiger partial charge on any atom is 0.125 e. The number of hydrogen-bond acceptors (Lipinski definition) is 4. The molecule has 1 aliphatic rings. The van der Waals surface area contributed by atoms with E-state index in [1.165, 1.54) is 5.56 Å². The number of methoxy groups -OCH3 is 1. The zero-order valence-electron chi connectivity index (χ0n) is 14.6. The number of benzene rings is 1. The van der Waals surface area contributed by atoms with Crippen LogP contribution in [0, 0.1) is 0 Å². The maximum atomic E-state index is 6.11. The number of ether oxygens (including phenoxy) is 2. The number of rotatable bonds is 7. The molecule has 0 amide bonds. The molecule has 1 aliphatic heterocycles. The lowest BCUT2D eigenvalue weighted by molar-refractivity contribution is 0.0653. The summed E-state index contributed by atoms with van der Waals surface area (Å²) >= 11 is 0. The van der Waals surface area contributed by atoms with Crippen molar-refractivity contribution < 1.29 is 9.47 Å². The molecule has 0 fully saturated rings. The molecule has 2 rings (SSSR count). The van der Waals surface area contributed by atoms with Gasteiger partial charge in [0.1, 0.15) is 17.1 Å². The molecular formula is C18H30N2O2. The molecule has 0 saturated carbocycles. The van der Waals surface area contributed by atoms with Gasteiger partial charge in [0.25, 0.3) is 0 Å². The van der Waals surface area contributed by atoms with Gasteiger partial charge in [-0.3, -0.25) is 0 Å². The molecule has 0 spiro atoms. The van der Waals surface area contributed by atoms with Crippen LogP contribution in [0.25, 0.3) is 0 Å². The molecule has 1 unspecified atom stereocenters. The van der Waals surface area contributed by atoms with Crippen LogP contribution in [0.4, 0.5) is 0 Å². The minimum Gasteiger partial charge on any atom is -0.497 e. The summed E-state index contributed by atoms with van der Waals surface area (Å²) in [4.78, 5) is 2.43. The Hall–Kier alpha value is -1.26. The van der Waals surface area contributed by atoms with E-state index < -0.39 is 0 Å². The standard InChI is InChI=1S/C18H30N2O2/c1-6-20(7-2)11-10-19-16-13-18(3,4)22-17-9-8-14(21-5)12-15(16)17/h8-9,12,16,19H,6-7,10-11,13H2,1-5H3. The molecule has 1 heterocycles. The third-order valence-corrected chi connectivity index (χ3v) is 4.39. The normalized spacial score (nSPS) is 19.6. The van der Waals surface area contributed by atoms with Gasteiger partial charge in [-0.05, 0) is 45.1 Å². The zero-order chi connectivity index (χ0) is 16.2. The van der Waals surface area contributed by atoms with Gasteiger partial charge >= 0.3 is 0 Å². The molecule has 1 atom stereocenters. The average Bonchev–Trinajstić information content (AvgIpc) is 2.50. The lowest BCUT2D eigenvalue weighted by atomic mass is 9.89. The van der Waals surface area contributed by atoms with Crippen LogP contribution in [0.3, 0.4) is 0 Å². The van der Waals surface area contributed by atoms with E-state index in [-0.39, 0.29) is 5.60 Å². The van der Waals surface area contributed by atoms with Gasteiger partial charge in [-0.25, -0.2) is 0 Å². The summed E-state index contributed by atoms with van der Waals surface area (Å²) in [6, 6.07) is 6.39. The van der Waals surface area contributed by atoms with Crippen molar-refractivity contribution in [3.63, 3.8) is 0 Å². The van der Waals surface area contributed by atoms with Crippen molar-refractivity contribution in [1.29, 1.82) is 0 Å². The minimum absolute atomic E-state index is 0.144. The van der Waals surface area contributed by atoms with E-state index in [1.807, 2.05) is 12.1 Å². The average molecular weight is 306 g/mol. The smallest absolute Gasteiger partial charge is 0.125 e. The van der Waals surface area contributed by atoms with Gasteiger partial charge in [-0.2, -0.15) is 0 Å². The van der Waals surface area contributed by atoms with E-state index in [4.69, 9.17) is 9.47 Å². The molecule has 4 nitrogen and oxygen atoms in total. The summed E-state index contributed by atoms with van der Waals surface area (Å²) in [5, 5.41) is 3.71. The Morgan fingerprint density at radius 2 is 2.05 bits per heavy atom. The summed E-state index contributed by atoms with van der Waals surface area (Å²) in [5.41, 5.74) is 1.06. The van der Waals surface area contributed by atoms with Crippen molar-refractivity contribution in [2.45, 2.75) is 45.8 Å². The first-order chi connectivity index (χ1) is 10.5. The van der Waals surface area contributed by atoms with Crippen molar-refractivity contribution in [2.75, 3.05) is 33.3 Å². The highest BCUT2D eigenvalue weighted by Gasteiger charge is 2.33. The molecule has 0 aliphatic carbocycles. The Morgan fingerprint density at radius 3 is 2.68 bits per heavy atom. The van der Waals surface area contributed by atoms with E-state index in [1.54, 1.807) is 7.11 Å². The Kier molecular flexibility index (Phi) is 5.70. The first-order valence-electron chi connectivity index (χ1n) is 8.31. The molecule has 0 radical (unpaired) electrons. The van der Waals surface area contributed by atoms with Crippen LogP contribution in [0.15, 0.2) is 18.2 Å². The van der Waals surface area contributed by atoms with Gasteiger partial charge in [-0.1, -0.05) is 13.8 Å². The monoisotopic (exact) mass is 306 g/mol.